The zero-order valence-corrected chi connectivity index (χ0v) is 25.7. The van der Waals surface area contributed by atoms with Crippen LogP contribution in [-0.4, -0.2) is 72.9 Å². The minimum Gasteiger partial charge on any atom is -0.494 e. The number of imidazole rings is 1. The number of amides is 1. The molecule has 2 fully saturated rings. The first-order valence-corrected chi connectivity index (χ1v) is 15.2. The number of pyridine rings is 1. The Bertz CT molecular complexity index is 1680. The fraction of sp³-hybridized carbons (Fsp3) is 0.515. The largest absolute Gasteiger partial charge is 0.494 e. The lowest BCUT2D eigenvalue weighted by atomic mass is 9.90. The number of nitrogens with zero attached hydrogens (tertiary/aromatic N) is 5. The van der Waals surface area contributed by atoms with Gasteiger partial charge in [-0.15, -0.1) is 0 Å². The highest BCUT2D eigenvalue weighted by molar-refractivity contribution is 6.00. The van der Waals surface area contributed by atoms with Gasteiger partial charge < -0.3 is 28.6 Å². The molecule has 0 unspecified atom stereocenters. The van der Waals surface area contributed by atoms with E-state index in [0.717, 1.165) is 41.0 Å². The highest BCUT2D eigenvalue weighted by atomic mass is 16.6. The van der Waals surface area contributed by atoms with Crippen molar-refractivity contribution < 1.29 is 24.2 Å². The molecule has 43 heavy (non-hydrogen) atoms. The standard InChI is InChI=1S/C33H41N5O5/c1-33(2,3)43-28(40)13-21-10-11-24(19-39)37(18-21)32(41)23-14-25-29(27(16-23)42-5)36(4)31(35-25)26-15-22-7-6-12-34-30(22)38(26)17-20-8-9-20/h6-7,12,14-16,20-21,24,39H,8-11,13,17-19H2,1-5H3/t21-,24-/m0/s1. The van der Waals surface area contributed by atoms with Crippen molar-refractivity contribution in [3.8, 4) is 17.3 Å². The summed E-state index contributed by atoms with van der Waals surface area (Å²) >= 11 is 0. The molecule has 4 heterocycles. The van der Waals surface area contributed by atoms with Crippen molar-refractivity contribution in [2.24, 2.45) is 18.9 Å². The molecule has 1 aromatic carbocycles. The molecule has 0 radical (unpaired) electrons. The summed E-state index contributed by atoms with van der Waals surface area (Å²) in [4.78, 5) is 38.0. The van der Waals surface area contributed by atoms with Gasteiger partial charge in [0.15, 0.2) is 5.82 Å². The van der Waals surface area contributed by atoms with E-state index in [1.165, 1.54) is 12.8 Å². The number of benzene rings is 1. The molecule has 10 heteroatoms. The lowest BCUT2D eigenvalue weighted by molar-refractivity contribution is -0.156. The van der Waals surface area contributed by atoms with Crippen LogP contribution >= 0.6 is 0 Å². The van der Waals surface area contributed by atoms with Crippen molar-refractivity contribution >= 4 is 33.9 Å². The number of aliphatic hydroxyl groups excluding tert-OH is 1. The molecule has 2 aliphatic rings. The van der Waals surface area contributed by atoms with Crippen molar-refractivity contribution in [2.45, 2.75) is 71.1 Å². The van der Waals surface area contributed by atoms with E-state index in [4.69, 9.17) is 14.5 Å². The molecule has 0 bridgehead atoms. The molecule has 1 amide bonds. The number of methoxy groups -OCH3 is 1. The average molecular weight is 588 g/mol. The Labute approximate surface area is 251 Å². The summed E-state index contributed by atoms with van der Waals surface area (Å²) in [6, 6.07) is 9.39. The Morgan fingerprint density at radius 1 is 1.09 bits per heavy atom. The Kier molecular flexibility index (Phi) is 7.66. The quantitative estimate of drug-likeness (QED) is 0.290. The van der Waals surface area contributed by atoms with Gasteiger partial charge in [0.25, 0.3) is 5.91 Å². The Morgan fingerprint density at radius 3 is 2.56 bits per heavy atom. The summed E-state index contributed by atoms with van der Waals surface area (Å²) in [5.74, 6) is 1.44. The number of hydrogen-bond donors (Lipinski definition) is 1. The molecule has 4 aromatic rings. The molecule has 6 rings (SSSR count). The van der Waals surface area contributed by atoms with Gasteiger partial charge in [0, 0.05) is 37.3 Å². The maximum Gasteiger partial charge on any atom is 0.306 e. The number of esters is 1. The highest BCUT2D eigenvalue weighted by Crippen LogP contribution is 2.38. The number of carbonyl (C=O) groups excluding carboxylic acids is 2. The number of carbonyl (C=O) groups is 2. The van der Waals surface area contributed by atoms with Gasteiger partial charge in [-0.3, -0.25) is 9.59 Å². The van der Waals surface area contributed by atoms with Gasteiger partial charge in [0.05, 0.1) is 37.4 Å². The lowest BCUT2D eigenvalue weighted by Crippen LogP contribution is -2.49. The minimum atomic E-state index is -0.564. The van der Waals surface area contributed by atoms with Crippen molar-refractivity contribution in [1.29, 1.82) is 0 Å². The third-order valence-electron chi connectivity index (χ3n) is 8.57. The Balaban J connectivity index is 1.34. The molecule has 1 aliphatic heterocycles. The van der Waals surface area contributed by atoms with E-state index in [1.54, 1.807) is 18.1 Å². The highest BCUT2D eigenvalue weighted by Gasteiger charge is 2.34. The first-order chi connectivity index (χ1) is 20.6. The number of likely N-dealkylation sites (tertiary alicyclic amines) is 1. The SMILES string of the molecule is COc1cc(C(=O)N2C[C@H](CC(=O)OC(C)(C)C)CC[C@H]2CO)cc2nc(-c3cc4cccnc4n3CC3CC3)n(C)c12. The molecule has 10 nitrogen and oxygen atoms in total. The second-order valence-corrected chi connectivity index (χ2v) is 13.1. The molecule has 3 aromatic heterocycles. The van der Waals surface area contributed by atoms with Crippen molar-refractivity contribution in [3.05, 3.63) is 42.1 Å². The molecule has 0 spiro atoms. The number of hydrogen-bond acceptors (Lipinski definition) is 7. The number of piperidine rings is 1. The summed E-state index contributed by atoms with van der Waals surface area (Å²) < 4.78 is 15.6. The molecule has 1 aliphatic carbocycles. The summed E-state index contributed by atoms with van der Waals surface area (Å²) in [7, 11) is 3.56. The van der Waals surface area contributed by atoms with Crippen molar-refractivity contribution in [3.63, 3.8) is 0 Å². The van der Waals surface area contributed by atoms with Gasteiger partial charge in [0.2, 0.25) is 0 Å². The zero-order chi connectivity index (χ0) is 30.5. The van der Waals surface area contributed by atoms with E-state index in [-0.39, 0.29) is 36.9 Å². The van der Waals surface area contributed by atoms with Gasteiger partial charge in [0.1, 0.15) is 22.5 Å². The third kappa shape index (κ3) is 5.85. The summed E-state index contributed by atoms with van der Waals surface area (Å²) in [6.45, 7) is 6.66. The fourth-order valence-corrected chi connectivity index (χ4v) is 6.33. The number of aliphatic hydroxyl groups is 1. The van der Waals surface area contributed by atoms with E-state index in [9.17, 15) is 14.7 Å². The van der Waals surface area contributed by atoms with Crippen LogP contribution in [0.25, 0.3) is 33.6 Å². The first-order valence-electron chi connectivity index (χ1n) is 15.2. The smallest absolute Gasteiger partial charge is 0.306 e. The third-order valence-corrected chi connectivity index (χ3v) is 8.57. The normalized spacial score (nSPS) is 19.3. The van der Waals surface area contributed by atoms with Crippen LogP contribution in [0, 0.1) is 11.8 Å². The van der Waals surface area contributed by atoms with Gasteiger partial charge in [-0.2, -0.15) is 0 Å². The van der Waals surface area contributed by atoms with Crippen LogP contribution in [0.5, 0.6) is 5.75 Å². The number of aromatic nitrogens is 4. The van der Waals surface area contributed by atoms with Crippen LogP contribution in [0.2, 0.25) is 0 Å². The number of ether oxygens (including phenoxy) is 2. The lowest BCUT2D eigenvalue weighted by Gasteiger charge is -2.39. The summed E-state index contributed by atoms with van der Waals surface area (Å²) in [5.41, 5.74) is 3.25. The molecule has 228 valence electrons. The maximum absolute atomic E-state index is 14.0. The Hall–Kier alpha value is -3.92. The average Bonchev–Trinajstić information content (AvgIpc) is 3.64. The predicted octanol–water partition coefficient (Wildman–Crippen LogP) is 4.95. The van der Waals surface area contributed by atoms with E-state index in [0.29, 0.717) is 35.7 Å². The van der Waals surface area contributed by atoms with Crippen LogP contribution in [-0.2, 0) is 23.1 Å². The second-order valence-electron chi connectivity index (χ2n) is 13.1. The monoisotopic (exact) mass is 587 g/mol. The van der Waals surface area contributed by atoms with E-state index >= 15 is 0 Å². The van der Waals surface area contributed by atoms with Crippen LogP contribution in [0.15, 0.2) is 36.5 Å². The number of rotatable bonds is 8. The second kappa shape index (κ2) is 11.3. The van der Waals surface area contributed by atoms with Crippen LogP contribution in [0.4, 0.5) is 0 Å². The summed E-state index contributed by atoms with van der Waals surface area (Å²) in [6.07, 6.45) is 5.85. The first kappa shape index (κ1) is 29.2. The van der Waals surface area contributed by atoms with Crippen LogP contribution in [0.1, 0.15) is 63.2 Å². The van der Waals surface area contributed by atoms with Crippen molar-refractivity contribution in [1.82, 2.24) is 24.0 Å². The van der Waals surface area contributed by atoms with E-state index < -0.39 is 5.60 Å². The molecular formula is C33H41N5O5. The molecule has 1 saturated heterocycles. The maximum atomic E-state index is 14.0. The summed E-state index contributed by atoms with van der Waals surface area (Å²) in [5, 5.41) is 11.2. The molecule has 2 atom stereocenters. The minimum absolute atomic E-state index is 0.0457. The Morgan fingerprint density at radius 2 is 1.86 bits per heavy atom. The molecule has 1 N–H and O–H groups in total. The topological polar surface area (TPSA) is 112 Å². The fourth-order valence-electron chi connectivity index (χ4n) is 6.33. The van der Waals surface area contributed by atoms with E-state index in [1.807, 2.05) is 50.7 Å². The van der Waals surface area contributed by atoms with Gasteiger partial charge >= 0.3 is 5.97 Å². The van der Waals surface area contributed by atoms with Crippen molar-refractivity contribution in [2.75, 3.05) is 20.3 Å². The predicted molar refractivity (Wildman–Crippen MR) is 164 cm³/mol. The van der Waals surface area contributed by atoms with Gasteiger partial charge in [-0.1, -0.05) is 0 Å². The number of aryl methyl sites for hydroxylation is 1. The number of fused-ring (bicyclic) bond motifs is 2. The van der Waals surface area contributed by atoms with E-state index in [2.05, 4.69) is 21.7 Å². The van der Waals surface area contributed by atoms with Crippen LogP contribution < -0.4 is 4.74 Å². The van der Waals surface area contributed by atoms with Gasteiger partial charge in [-0.25, -0.2) is 9.97 Å². The molecule has 1 saturated carbocycles. The van der Waals surface area contributed by atoms with Gasteiger partial charge in [-0.05, 0) is 88.6 Å². The zero-order valence-electron chi connectivity index (χ0n) is 25.7. The molecular weight excluding hydrogens is 546 g/mol. The van der Waals surface area contributed by atoms with Crippen LogP contribution in [0.3, 0.4) is 0 Å².